The van der Waals surface area contributed by atoms with Crippen LogP contribution in [-0.2, 0) is 0 Å². The Morgan fingerprint density at radius 2 is 1.00 bits per heavy atom. The molecule has 11 nitrogen and oxygen atoms in total. The summed E-state index contributed by atoms with van der Waals surface area (Å²) >= 11 is 11.5. The molecule has 4 rings (SSSR count). The van der Waals surface area contributed by atoms with Gasteiger partial charge in [-0.05, 0) is 23.2 Å². The standard InChI is InChI=1S/C15H7Cl2N3O8/c16-14-18-13(19-15(17)20-14)3-1-2-4(21)6(23)8(25)10(27)12(2)28-11(1)9(26)7(24)5(3)22/h21-27H. The highest BCUT2D eigenvalue weighted by Crippen LogP contribution is 2.57. The molecule has 2 heterocycles. The van der Waals surface area contributed by atoms with E-state index in [1.165, 1.54) is 0 Å². The molecule has 0 saturated heterocycles. The topological polar surface area (TPSA) is 193 Å². The molecule has 144 valence electrons. The quantitative estimate of drug-likeness (QED) is 0.174. The number of nitrogens with zero attached hydrogens (tertiary/aromatic N) is 3. The van der Waals surface area contributed by atoms with E-state index in [4.69, 9.17) is 27.6 Å². The van der Waals surface area contributed by atoms with E-state index in [1.807, 2.05) is 0 Å². The lowest BCUT2D eigenvalue weighted by Gasteiger charge is -2.10. The van der Waals surface area contributed by atoms with Crippen molar-refractivity contribution in [3.8, 4) is 51.6 Å². The van der Waals surface area contributed by atoms with Crippen molar-refractivity contribution in [1.29, 1.82) is 0 Å². The Labute approximate surface area is 162 Å². The summed E-state index contributed by atoms with van der Waals surface area (Å²) in [5.74, 6) is -7.46. The van der Waals surface area contributed by atoms with Gasteiger partial charge in [-0.15, -0.1) is 0 Å². The first-order chi connectivity index (χ1) is 13.1. The number of hydrogen-bond donors (Lipinski definition) is 7. The summed E-state index contributed by atoms with van der Waals surface area (Å²) in [7, 11) is 0. The van der Waals surface area contributed by atoms with Gasteiger partial charge in [0.1, 0.15) is 0 Å². The van der Waals surface area contributed by atoms with Crippen LogP contribution >= 0.6 is 23.2 Å². The third kappa shape index (κ3) is 2.20. The average Bonchev–Trinajstić information content (AvgIpc) is 3.02. The van der Waals surface area contributed by atoms with E-state index in [2.05, 4.69) is 15.0 Å². The number of aromatic hydroxyl groups is 7. The lowest BCUT2D eigenvalue weighted by Crippen LogP contribution is -1.95. The van der Waals surface area contributed by atoms with E-state index in [-0.39, 0.29) is 16.0 Å². The summed E-state index contributed by atoms with van der Waals surface area (Å²) < 4.78 is 5.25. The molecule has 28 heavy (non-hydrogen) atoms. The highest BCUT2D eigenvalue weighted by Gasteiger charge is 2.31. The van der Waals surface area contributed by atoms with Crippen molar-refractivity contribution < 1.29 is 40.2 Å². The van der Waals surface area contributed by atoms with Gasteiger partial charge in [-0.3, -0.25) is 0 Å². The zero-order chi connectivity index (χ0) is 20.5. The van der Waals surface area contributed by atoms with Crippen LogP contribution in [0, 0.1) is 0 Å². The monoisotopic (exact) mass is 427 g/mol. The molecule has 0 fully saturated rings. The van der Waals surface area contributed by atoms with Crippen LogP contribution in [0.4, 0.5) is 0 Å². The van der Waals surface area contributed by atoms with Crippen LogP contribution in [-0.4, -0.2) is 50.7 Å². The van der Waals surface area contributed by atoms with Crippen molar-refractivity contribution in [3.05, 3.63) is 10.6 Å². The van der Waals surface area contributed by atoms with E-state index >= 15 is 0 Å². The molecule has 7 N–H and O–H groups in total. The highest BCUT2D eigenvalue weighted by molar-refractivity contribution is 6.31. The van der Waals surface area contributed by atoms with Crippen molar-refractivity contribution >= 4 is 45.1 Å². The number of phenolic OH excluding ortho intramolecular Hbond substituents is 7. The summed E-state index contributed by atoms with van der Waals surface area (Å²) in [6.45, 7) is 0. The van der Waals surface area contributed by atoms with Crippen LogP contribution in [0.3, 0.4) is 0 Å². The van der Waals surface area contributed by atoms with Gasteiger partial charge in [0.15, 0.2) is 28.5 Å². The average molecular weight is 428 g/mol. The predicted octanol–water partition coefficient (Wildman–Crippen LogP) is 2.68. The Morgan fingerprint density at radius 1 is 0.536 bits per heavy atom. The van der Waals surface area contributed by atoms with E-state index in [0.717, 1.165) is 0 Å². The molecule has 0 radical (unpaired) electrons. The van der Waals surface area contributed by atoms with Crippen LogP contribution < -0.4 is 0 Å². The molecule has 0 aliphatic rings. The first-order valence-corrected chi connectivity index (χ1v) is 7.95. The first kappa shape index (κ1) is 17.8. The molecule has 4 aromatic rings. The van der Waals surface area contributed by atoms with Crippen molar-refractivity contribution in [2.45, 2.75) is 0 Å². The Bertz CT molecular complexity index is 1300. The summed E-state index contributed by atoms with van der Waals surface area (Å²) in [5.41, 5.74) is -1.53. The maximum atomic E-state index is 10.4. The van der Waals surface area contributed by atoms with Crippen LogP contribution in [0.1, 0.15) is 0 Å². The largest absolute Gasteiger partial charge is 0.504 e. The van der Waals surface area contributed by atoms with E-state index in [9.17, 15) is 35.7 Å². The van der Waals surface area contributed by atoms with Crippen LogP contribution in [0.5, 0.6) is 40.2 Å². The van der Waals surface area contributed by atoms with Gasteiger partial charge in [0.25, 0.3) is 0 Å². The highest BCUT2D eigenvalue weighted by atomic mass is 35.5. The third-order valence-electron chi connectivity index (χ3n) is 3.99. The summed E-state index contributed by atoms with van der Waals surface area (Å²) in [5, 5.41) is 68.9. The van der Waals surface area contributed by atoms with E-state index in [1.54, 1.807) is 0 Å². The summed E-state index contributed by atoms with van der Waals surface area (Å²) in [6.07, 6.45) is 0. The zero-order valence-electron chi connectivity index (χ0n) is 13.1. The van der Waals surface area contributed by atoms with Crippen molar-refractivity contribution in [3.63, 3.8) is 0 Å². The molecule has 2 aromatic heterocycles. The van der Waals surface area contributed by atoms with Gasteiger partial charge in [-0.25, -0.2) is 0 Å². The van der Waals surface area contributed by atoms with Gasteiger partial charge < -0.3 is 40.2 Å². The normalized spacial score (nSPS) is 11.5. The Balaban J connectivity index is 2.34. The third-order valence-corrected chi connectivity index (χ3v) is 4.33. The van der Waals surface area contributed by atoms with Gasteiger partial charge in [-0.2, -0.15) is 15.0 Å². The van der Waals surface area contributed by atoms with Crippen molar-refractivity contribution in [2.75, 3.05) is 0 Å². The number of rotatable bonds is 1. The number of halogens is 2. The summed E-state index contributed by atoms with van der Waals surface area (Å²) in [4.78, 5) is 11.1. The fraction of sp³-hybridized carbons (Fsp3) is 0. The SMILES string of the molecule is Oc1c(O)c(O)c2c(oc3c(O)c(O)c(O)c(-c4nc(Cl)nc(Cl)n4)c32)c1O. The second kappa shape index (κ2) is 5.71. The minimum atomic E-state index is -1.10. The van der Waals surface area contributed by atoms with Gasteiger partial charge in [0.05, 0.1) is 16.3 Å². The second-order valence-electron chi connectivity index (χ2n) is 5.52. The fourth-order valence-electron chi connectivity index (χ4n) is 2.79. The first-order valence-electron chi connectivity index (χ1n) is 7.19. The van der Waals surface area contributed by atoms with Gasteiger partial charge in [0.2, 0.25) is 39.3 Å². The number of fused-ring (bicyclic) bond motifs is 3. The van der Waals surface area contributed by atoms with Gasteiger partial charge >= 0.3 is 0 Å². The molecule has 2 aromatic carbocycles. The number of furan rings is 1. The smallest absolute Gasteiger partial charge is 0.227 e. The molecule has 0 atom stereocenters. The van der Waals surface area contributed by atoms with Gasteiger partial charge in [-0.1, -0.05) is 0 Å². The number of aromatic nitrogens is 3. The molecule has 0 aliphatic heterocycles. The Morgan fingerprint density at radius 3 is 1.57 bits per heavy atom. The molecule has 0 amide bonds. The lowest BCUT2D eigenvalue weighted by atomic mass is 10.0. The van der Waals surface area contributed by atoms with E-state index in [0.29, 0.717) is 0 Å². The molecule has 0 saturated carbocycles. The molecule has 0 unspecified atom stereocenters. The van der Waals surface area contributed by atoms with Crippen molar-refractivity contribution in [2.24, 2.45) is 0 Å². The maximum Gasteiger partial charge on any atom is 0.227 e. The van der Waals surface area contributed by atoms with E-state index < -0.39 is 68.2 Å². The maximum absolute atomic E-state index is 10.4. The van der Waals surface area contributed by atoms with Crippen LogP contribution in [0.15, 0.2) is 4.42 Å². The fourth-order valence-corrected chi connectivity index (χ4v) is 3.15. The number of hydrogen-bond acceptors (Lipinski definition) is 11. The molecule has 0 spiro atoms. The summed E-state index contributed by atoms with van der Waals surface area (Å²) in [6, 6.07) is 0. The van der Waals surface area contributed by atoms with Gasteiger partial charge in [0, 0.05) is 0 Å². The Hall–Kier alpha value is -3.57. The minimum absolute atomic E-state index is 0.329. The molecule has 0 aliphatic carbocycles. The zero-order valence-corrected chi connectivity index (χ0v) is 14.6. The number of benzene rings is 2. The van der Waals surface area contributed by atoms with Crippen LogP contribution in [0.25, 0.3) is 33.3 Å². The number of phenols is 7. The second-order valence-corrected chi connectivity index (χ2v) is 6.20. The Kier molecular flexibility index (Phi) is 3.64. The predicted molar refractivity (Wildman–Crippen MR) is 94.2 cm³/mol. The molecular formula is C15H7Cl2N3O8. The molecule has 13 heteroatoms. The lowest BCUT2D eigenvalue weighted by molar-refractivity contribution is 0.347. The van der Waals surface area contributed by atoms with Crippen LogP contribution in [0.2, 0.25) is 10.6 Å². The molecule has 0 bridgehead atoms. The van der Waals surface area contributed by atoms with Crippen molar-refractivity contribution in [1.82, 2.24) is 15.0 Å². The minimum Gasteiger partial charge on any atom is -0.504 e. The molecular weight excluding hydrogens is 421 g/mol.